The Morgan fingerprint density at radius 1 is 1.50 bits per heavy atom. The molecular formula is C11H18N4O. The number of nitrogens with two attached hydrogens (primary N) is 1. The molecule has 0 aromatic carbocycles. The third-order valence-electron chi connectivity index (χ3n) is 2.02. The molecule has 1 aromatic heterocycles. The number of nitrogens with one attached hydrogen (secondary N) is 2. The third kappa shape index (κ3) is 4.27. The fraction of sp³-hybridized carbons (Fsp3) is 0.455. The predicted octanol–water partition coefficient (Wildman–Crippen LogP) is 1.19. The molecule has 5 nitrogen and oxygen atoms in total. The summed E-state index contributed by atoms with van der Waals surface area (Å²) in [6, 6.07) is 3.66. The largest absolute Gasteiger partial charge is 0.384 e. The summed E-state index contributed by atoms with van der Waals surface area (Å²) in [6.07, 6.45) is 2.83. The zero-order valence-corrected chi connectivity index (χ0v) is 9.49. The molecule has 4 N–H and O–H groups in total. The van der Waals surface area contributed by atoms with E-state index in [1.54, 1.807) is 12.3 Å². The van der Waals surface area contributed by atoms with Crippen LogP contribution in [0.3, 0.4) is 0 Å². The van der Waals surface area contributed by atoms with Crippen LogP contribution < -0.4 is 16.4 Å². The van der Waals surface area contributed by atoms with Crippen molar-refractivity contribution in [1.29, 1.82) is 0 Å². The van der Waals surface area contributed by atoms with Crippen molar-refractivity contribution in [1.82, 2.24) is 4.98 Å². The molecule has 0 unspecified atom stereocenters. The van der Waals surface area contributed by atoms with Crippen molar-refractivity contribution < 1.29 is 4.79 Å². The van der Waals surface area contributed by atoms with Crippen LogP contribution in [0.25, 0.3) is 0 Å². The number of aromatic nitrogens is 1. The monoisotopic (exact) mass is 222 g/mol. The maximum atomic E-state index is 11.4. The average molecular weight is 222 g/mol. The number of carbonyl (C=O) groups is 1. The normalized spacial score (nSPS) is 9.88. The maximum absolute atomic E-state index is 11.4. The highest BCUT2D eigenvalue weighted by molar-refractivity contribution is 5.89. The number of pyridine rings is 1. The van der Waals surface area contributed by atoms with Gasteiger partial charge in [0, 0.05) is 13.0 Å². The van der Waals surface area contributed by atoms with Crippen molar-refractivity contribution >= 4 is 17.4 Å². The summed E-state index contributed by atoms with van der Waals surface area (Å²) in [5.74, 6) is 0.526. The second kappa shape index (κ2) is 6.79. The van der Waals surface area contributed by atoms with Gasteiger partial charge in [-0.1, -0.05) is 0 Å². The van der Waals surface area contributed by atoms with E-state index in [1.165, 1.54) is 0 Å². The highest BCUT2D eigenvalue weighted by atomic mass is 16.1. The molecule has 88 valence electrons. The lowest BCUT2D eigenvalue weighted by Gasteiger charge is -2.05. The van der Waals surface area contributed by atoms with Gasteiger partial charge in [-0.2, -0.15) is 0 Å². The number of rotatable bonds is 6. The van der Waals surface area contributed by atoms with Gasteiger partial charge in [-0.25, -0.2) is 4.98 Å². The maximum Gasteiger partial charge on any atom is 0.225 e. The Morgan fingerprint density at radius 3 is 2.88 bits per heavy atom. The fourth-order valence-corrected chi connectivity index (χ4v) is 1.24. The Kier molecular flexibility index (Phi) is 5.28. The van der Waals surface area contributed by atoms with Crippen molar-refractivity contribution in [2.45, 2.75) is 19.8 Å². The molecular weight excluding hydrogens is 204 g/mol. The van der Waals surface area contributed by atoms with Crippen LogP contribution in [0, 0.1) is 0 Å². The summed E-state index contributed by atoms with van der Waals surface area (Å²) in [6.45, 7) is 3.40. The van der Waals surface area contributed by atoms with E-state index in [4.69, 9.17) is 5.73 Å². The number of amides is 1. The first kappa shape index (κ1) is 12.4. The van der Waals surface area contributed by atoms with E-state index in [9.17, 15) is 4.79 Å². The minimum atomic E-state index is -0.0471. The van der Waals surface area contributed by atoms with E-state index in [2.05, 4.69) is 15.6 Å². The van der Waals surface area contributed by atoms with E-state index in [1.807, 2.05) is 13.0 Å². The molecule has 1 rings (SSSR count). The standard InChI is InChI=1S/C11H18N4O/c1-2-13-9-5-6-10(14-8-9)15-11(16)4-3-7-12/h5-6,8,13H,2-4,7,12H2,1H3,(H,14,15,16). The SMILES string of the molecule is CCNc1ccc(NC(=O)CCCN)nc1. The first-order chi connectivity index (χ1) is 7.76. The Labute approximate surface area is 95.4 Å². The number of carbonyl (C=O) groups excluding carboxylic acids is 1. The van der Waals surface area contributed by atoms with Crippen LogP contribution in [0.4, 0.5) is 11.5 Å². The molecule has 5 heteroatoms. The van der Waals surface area contributed by atoms with Crippen LogP contribution in [0.15, 0.2) is 18.3 Å². The van der Waals surface area contributed by atoms with Crippen molar-refractivity contribution in [2.24, 2.45) is 5.73 Å². The van der Waals surface area contributed by atoms with E-state index >= 15 is 0 Å². The lowest BCUT2D eigenvalue weighted by molar-refractivity contribution is -0.116. The van der Waals surface area contributed by atoms with Crippen molar-refractivity contribution in [2.75, 3.05) is 23.7 Å². The van der Waals surface area contributed by atoms with Crippen LogP contribution in [-0.2, 0) is 4.79 Å². The van der Waals surface area contributed by atoms with Crippen LogP contribution in [0.2, 0.25) is 0 Å². The number of anilines is 2. The van der Waals surface area contributed by atoms with Gasteiger partial charge in [0.25, 0.3) is 0 Å². The molecule has 0 saturated heterocycles. The van der Waals surface area contributed by atoms with Gasteiger partial charge in [-0.3, -0.25) is 4.79 Å². The van der Waals surface area contributed by atoms with E-state index in [0.29, 0.717) is 25.2 Å². The quantitative estimate of drug-likeness (QED) is 0.675. The van der Waals surface area contributed by atoms with Gasteiger partial charge in [0.15, 0.2) is 0 Å². The highest BCUT2D eigenvalue weighted by Crippen LogP contribution is 2.09. The lowest BCUT2D eigenvalue weighted by atomic mass is 10.3. The first-order valence-corrected chi connectivity index (χ1v) is 5.46. The third-order valence-corrected chi connectivity index (χ3v) is 2.02. The Morgan fingerprint density at radius 2 is 2.31 bits per heavy atom. The average Bonchev–Trinajstić information content (AvgIpc) is 2.29. The molecule has 0 aliphatic rings. The van der Waals surface area contributed by atoms with E-state index in [0.717, 1.165) is 12.2 Å². The molecule has 0 atom stereocenters. The molecule has 0 fully saturated rings. The lowest BCUT2D eigenvalue weighted by Crippen LogP contribution is -2.14. The predicted molar refractivity (Wildman–Crippen MR) is 65.3 cm³/mol. The number of nitrogens with zero attached hydrogens (tertiary/aromatic N) is 1. The summed E-state index contributed by atoms with van der Waals surface area (Å²) >= 11 is 0. The number of hydrogen-bond acceptors (Lipinski definition) is 4. The summed E-state index contributed by atoms with van der Waals surface area (Å²) in [7, 11) is 0. The van der Waals surface area contributed by atoms with Crippen LogP contribution in [-0.4, -0.2) is 24.0 Å². The van der Waals surface area contributed by atoms with Crippen molar-refractivity contribution in [3.8, 4) is 0 Å². The van der Waals surface area contributed by atoms with Crippen LogP contribution in [0.1, 0.15) is 19.8 Å². The van der Waals surface area contributed by atoms with E-state index < -0.39 is 0 Å². The van der Waals surface area contributed by atoms with Crippen molar-refractivity contribution in [3.63, 3.8) is 0 Å². The Balaban J connectivity index is 2.45. The van der Waals surface area contributed by atoms with Gasteiger partial charge in [-0.05, 0) is 32.0 Å². The minimum Gasteiger partial charge on any atom is -0.384 e. The molecule has 0 bridgehead atoms. The Hall–Kier alpha value is -1.62. The molecule has 0 radical (unpaired) electrons. The zero-order chi connectivity index (χ0) is 11.8. The summed E-state index contributed by atoms with van der Waals surface area (Å²) in [5.41, 5.74) is 6.27. The first-order valence-electron chi connectivity index (χ1n) is 5.46. The van der Waals surface area contributed by atoms with Gasteiger partial charge in [-0.15, -0.1) is 0 Å². The molecule has 16 heavy (non-hydrogen) atoms. The van der Waals surface area contributed by atoms with Crippen molar-refractivity contribution in [3.05, 3.63) is 18.3 Å². The second-order valence-electron chi connectivity index (χ2n) is 3.40. The highest BCUT2D eigenvalue weighted by Gasteiger charge is 2.02. The molecule has 1 amide bonds. The van der Waals surface area contributed by atoms with Crippen LogP contribution in [0.5, 0.6) is 0 Å². The summed E-state index contributed by atoms with van der Waals surface area (Å²) in [4.78, 5) is 15.5. The summed E-state index contributed by atoms with van der Waals surface area (Å²) in [5, 5.41) is 5.84. The smallest absolute Gasteiger partial charge is 0.225 e. The Bertz CT molecular complexity index is 323. The zero-order valence-electron chi connectivity index (χ0n) is 9.49. The minimum absolute atomic E-state index is 0.0471. The molecule has 0 saturated carbocycles. The van der Waals surface area contributed by atoms with Gasteiger partial charge in [0.2, 0.25) is 5.91 Å². The van der Waals surface area contributed by atoms with E-state index in [-0.39, 0.29) is 5.91 Å². The fourth-order valence-electron chi connectivity index (χ4n) is 1.24. The topological polar surface area (TPSA) is 80.0 Å². The molecule has 0 aliphatic carbocycles. The van der Waals surface area contributed by atoms with Gasteiger partial charge in [0.05, 0.1) is 11.9 Å². The van der Waals surface area contributed by atoms with Gasteiger partial charge < -0.3 is 16.4 Å². The molecule has 1 aromatic rings. The van der Waals surface area contributed by atoms with Crippen LogP contribution >= 0.6 is 0 Å². The molecule has 0 spiro atoms. The molecule has 1 heterocycles. The molecule has 0 aliphatic heterocycles. The number of hydrogen-bond donors (Lipinski definition) is 3. The van der Waals surface area contributed by atoms with Gasteiger partial charge >= 0.3 is 0 Å². The second-order valence-corrected chi connectivity index (χ2v) is 3.40. The summed E-state index contributed by atoms with van der Waals surface area (Å²) < 4.78 is 0. The van der Waals surface area contributed by atoms with Gasteiger partial charge in [0.1, 0.15) is 5.82 Å².